The van der Waals surface area contributed by atoms with Crippen molar-refractivity contribution < 1.29 is 18.9 Å². The van der Waals surface area contributed by atoms with E-state index < -0.39 is 0 Å². The summed E-state index contributed by atoms with van der Waals surface area (Å²) in [5.74, 6) is -0.0753. The number of aromatic nitrogens is 4. The second kappa shape index (κ2) is 8.87. The molecule has 1 aromatic heterocycles. The zero-order valence-corrected chi connectivity index (χ0v) is 16.7. The minimum Gasteiger partial charge on any atom is -0.331 e. The van der Waals surface area contributed by atoms with Crippen LogP contribution in [0, 0.1) is 5.82 Å². The molecule has 29 heavy (non-hydrogen) atoms. The first-order valence-corrected chi connectivity index (χ1v) is 10.6. The second-order valence-corrected chi connectivity index (χ2v) is 8.23. The average Bonchev–Trinajstić information content (AvgIpc) is 3.46. The predicted octanol–water partition coefficient (Wildman–Crippen LogP) is -0.395. The van der Waals surface area contributed by atoms with Gasteiger partial charge in [0.15, 0.2) is 6.54 Å². The number of nitrogens with one attached hydrogen (secondary N) is 2. The van der Waals surface area contributed by atoms with E-state index >= 15 is 0 Å². The maximum Gasteiger partial charge on any atom is 0.279 e. The molecule has 2 fully saturated rings. The third kappa shape index (κ3) is 5.30. The van der Waals surface area contributed by atoms with Crippen molar-refractivity contribution in [3.8, 4) is 0 Å². The van der Waals surface area contributed by atoms with E-state index in [-0.39, 0.29) is 17.6 Å². The van der Waals surface area contributed by atoms with Crippen molar-refractivity contribution in [2.45, 2.75) is 24.0 Å². The van der Waals surface area contributed by atoms with Crippen LogP contribution in [-0.2, 0) is 9.59 Å². The van der Waals surface area contributed by atoms with E-state index in [0.717, 1.165) is 17.7 Å². The summed E-state index contributed by atoms with van der Waals surface area (Å²) in [6, 6.07) is 6.09. The average molecular weight is 420 g/mol. The maximum atomic E-state index is 12.9. The Morgan fingerprint density at radius 1 is 1.21 bits per heavy atom. The van der Waals surface area contributed by atoms with E-state index in [1.54, 1.807) is 4.68 Å². The SMILES string of the molecule is O=C(C[NH+]1CCN(C(=O)CSc2nnnn2C2CC2)CC1)Nc1ccc(F)cc1. The van der Waals surface area contributed by atoms with Crippen LogP contribution in [0.25, 0.3) is 0 Å². The van der Waals surface area contributed by atoms with Gasteiger partial charge in [-0.1, -0.05) is 11.8 Å². The lowest BCUT2D eigenvalue weighted by Crippen LogP contribution is -3.15. The zero-order valence-electron chi connectivity index (χ0n) is 15.9. The van der Waals surface area contributed by atoms with Crippen molar-refractivity contribution in [2.24, 2.45) is 0 Å². The largest absolute Gasteiger partial charge is 0.331 e. The molecule has 1 saturated carbocycles. The van der Waals surface area contributed by atoms with Gasteiger partial charge >= 0.3 is 0 Å². The van der Waals surface area contributed by atoms with Crippen molar-refractivity contribution in [1.82, 2.24) is 25.1 Å². The van der Waals surface area contributed by atoms with Crippen LogP contribution in [0.3, 0.4) is 0 Å². The van der Waals surface area contributed by atoms with E-state index in [0.29, 0.717) is 55.4 Å². The molecule has 2 amide bonds. The van der Waals surface area contributed by atoms with Gasteiger partial charge in [0.2, 0.25) is 11.1 Å². The number of hydrogen-bond acceptors (Lipinski definition) is 6. The van der Waals surface area contributed by atoms with Gasteiger partial charge in [0.1, 0.15) is 5.82 Å². The molecule has 2 heterocycles. The Bertz CT molecular complexity index is 863. The van der Waals surface area contributed by atoms with Gasteiger partial charge in [0.25, 0.3) is 5.91 Å². The van der Waals surface area contributed by atoms with Crippen molar-refractivity contribution in [1.29, 1.82) is 0 Å². The van der Waals surface area contributed by atoms with Crippen molar-refractivity contribution in [2.75, 3.05) is 43.8 Å². The Morgan fingerprint density at radius 3 is 2.62 bits per heavy atom. The third-order valence-electron chi connectivity index (χ3n) is 5.04. The van der Waals surface area contributed by atoms with Crippen molar-refractivity contribution >= 4 is 29.3 Å². The highest BCUT2D eigenvalue weighted by Crippen LogP contribution is 2.36. The van der Waals surface area contributed by atoms with E-state index in [9.17, 15) is 14.0 Å². The van der Waals surface area contributed by atoms with E-state index in [4.69, 9.17) is 0 Å². The van der Waals surface area contributed by atoms with Crippen LogP contribution in [0.1, 0.15) is 18.9 Å². The lowest BCUT2D eigenvalue weighted by Gasteiger charge is -2.31. The van der Waals surface area contributed by atoms with E-state index in [1.165, 1.54) is 36.0 Å². The normalized spacial score (nSPS) is 17.3. The fourth-order valence-corrected chi connectivity index (χ4v) is 4.11. The molecule has 9 nitrogen and oxygen atoms in total. The van der Waals surface area contributed by atoms with Crippen molar-refractivity contribution in [3.63, 3.8) is 0 Å². The summed E-state index contributed by atoms with van der Waals surface area (Å²) in [4.78, 5) is 27.6. The molecular weight excluding hydrogens is 397 g/mol. The van der Waals surface area contributed by atoms with Crippen LogP contribution in [-0.4, -0.2) is 75.4 Å². The lowest BCUT2D eigenvalue weighted by atomic mass is 10.3. The summed E-state index contributed by atoms with van der Waals surface area (Å²) in [6.45, 7) is 2.99. The van der Waals surface area contributed by atoms with Crippen molar-refractivity contribution in [3.05, 3.63) is 30.1 Å². The topological polar surface area (TPSA) is 97.4 Å². The minimum absolute atomic E-state index is 0.0650. The van der Waals surface area contributed by atoms with Crippen LogP contribution in [0.15, 0.2) is 29.4 Å². The summed E-state index contributed by atoms with van der Waals surface area (Å²) in [7, 11) is 0. The summed E-state index contributed by atoms with van der Waals surface area (Å²) in [5, 5.41) is 15.2. The standard InChI is InChI=1S/C18H22FN7O2S/c19-13-1-3-14(4-2-13)20-16(27)11-24-7-9-25(10-8-24)17(28)12-29-18-21-22-23-26(18)15-5-6-15/h1-4,15H,5-12H2,(H,20,27)/p+1. The fourth-order valence-electron chi connectivity index (χ4n) is 3.26. The Labute approximate surface area is 171 Å². The fraction of sp³-hybridized carbons (Fsp3) is 0.500. The molecule has 4 rings (SSSR count). The number of benzene rings is 1. The number of halogens is 1. The number of hydrogen-bond donors (Lipinski definition) is 2. The smallest absolute Gasteiger partial charge is 0.279 e. The number of amides is 2. The van der Waals surface area contributed by atoms with E-state index in [2.05, 4.69) is 20.8 Å². The van der Waals surface area contributed by atoms with E-state index in [1.807, 2.05) is 4.90 Å². The number of anilines is 1. The molecule has 154 valence electrons. The summed E-state index contributed by atoms with van der Waals surface area (Å²) < 4.78 is 14.7. The number of thioether (sulfide) groups is 1. The number of rotatable bonds is 7. The van der Waals surface area contributed by atoms with Gasteiger partial charge in [-0.15, -0.1) is 5.10 Å². The molecular formula is C18H23FN7O2S+. The molecule has 0 bridgehead atoms. The molecule has 1 aromatic carbocycles. The molecule has 2 aromatic rings. The number of quaternary nitrogens is 1. The molecule has 1 aliphatic heterocycles. The zero-order chi connectivity index (χ0) is 20.2. The van der Waals surface area contributed by atoms with Crippen LogP contribution in [0.4, 0.5) is 10.1 Å². The molecule has 0 spiro atoms. The van der Waals surface area contributed by atoms with Gasteiger partial charge in [0, 0.05) is 5.69 Å². The maximum absolute atomic E-state index is 12.9. The first-order valence-electron chi connectivity index (χ1n) is 9.66. The number of tetrazole rings is 1. The number of piperazine rings is 1. The highest BCUT2D eigenvalue weighted by Gasteiger charge is 2.29. The molecule has 0 radical (unpaired) electrons. The van der Waals surface area contributed by atoms with Crippen LogP contribution in [0.2, 0.25) is 0 Å². The van der Waals surface area contributed by atoms with Crippen LogP contribution < -0.4 is 10.2 Å². The van der Waals surface area contributed by atoms with Crippen LogP contribution >= 0.6 is 11.8 Å². The second-order valence-electron chi connectivity index (χ2n) is 7.29. The summed E-state index contributed by atoms with van der Waals surface area (Å²) >= 11 is 1.38. The predicted molar refractivity (Wildman–Crippen MR) is 104 cm³/mol. The molecule has 1 saturated heterocycles. The summed E-state index contributed by atoms with van der Waals surface area (Å²) in [5.41, 5.74) is 0.579. The first-order chi connectivity index (χ1) is 14.1. The lowest BCUT2D eigenvalue weighted by molar-refractivity contribution is -0.895. The highest BCUT2D eigenvalue weighted by atomic mass is 32.2. The Balaban J connectivity index is 1.18. The first kappa shape index (κ1) is 19.8. The third-order valence-corrected chi connectivity index (χ3v) is 5.96. The van der Waals surface area contributed by atoms with Gasteiger partial charge in [-0.05, 0) is 47.5 Å². The molecule has 1 aliphatic carbocycles. The molecule has 0 unspecified atom stereocenters. The number of carbonyl (C=O) groups excluding carboxylic acids is 2. The minimum atomic E-state index is -0.336. The summed E-state index contributed by atoms with van der Waals surface area (Å²) in [6.07, 6.45) is 2.18. The van der Waals surface area contributed by atoms with Gasteiger partial charge < -0.3 is 15.1 Å². The Kier molecular flexibility index (Phi) is 6.05. The molecule has 11 heteroatoms. The molecule has 2 N–H and O–H groups in total. The Morgan fingerprint density at radius 2 is 1.93 bits per heavy atom. The quantitative estimate of drug-likeness (QED) is 0.592. The Hall–Kier alpha value is -2.53. The van der Waals surface area contributed by atoms with Gasteiger partial charge in [-0.2, -0.15) is 0 Å². The molecule has 0 atom stereocenters. The number of nitrogens with zero attached hydrogens (tertiary/aromatic N) is 5. The van der Waals surface area contributed by atoms with Gasteiger partial charge in [-0.3, -0.25) is 9.59 Å². The molecule has 2 aliphatic rings. The highest BCUT2D eigenvalue weighted by molar-refractivity contribution is 7.99. The van der Waals surface area contributed by atoms with Crippen LogP contribution in [0.5, 0.6) is 0 Å². The van der Waals surface area contributed by atoms with Gasteiger partial charge in [0.05, 0.1) is 38.0 Å². The number of carbonyl (C=O) groups is 2. The van der Waals surface area contributed by atoms with Gasteiger partial charge in [-0.25, -0.2) is 9.07 Å². The monoisotopic (exact) mass is 420 g/mol.